The summed E-state index contributed by atoms with van der Waals surface area (Å²) in [4.78, 5) is 0. The zero-order valence-corrected chi connectivity index (χ0v) is 9.95. The second-order valence-corrected chi connectivity index (χ2v) is 4.82. The van der Waals surface area contributed by atoms with Crippen molar-refractivity contribution in [1.29, 1.82) is 0 Å². The molecular weight excluding hydrogens is 215 g/mol. The molecule has 1 rings (SSSR count). The van der Waals surface area contributed by atoms with E-state index in [9.17, 15) is 13.2 Å². The van der Waals surface area contributed by atoms with Gasteiger partial charge in [-0.25, -0.2) is 0 Å². The summed E-state index contributed by atoms with van der Waals surface area (Å²) in [5, 5.41) is 3.33. The molecule has 0 spiro atoms. The molecule has 1 N–H and O–H groups in total. The molecule has 1 nitrogen and oxygen atoms in total. The fourth-order valence-electron chi connectivity index (χ4n) is 2.30. The Bertz CT molecular complexity index is 183. The van der Waals surface area contributed by atoms with Crippen LogP contribution in [0.2, 0.25) is 0 Å². The topological polar surface area (TPSA) is 12.0 Å². The quantitative estimate of drug-likeness (QED) is 0.718. The highest BCUT2D eigenvalue weighted by Gasteiger charge is 2.41. The van der Waals surface area contributed by atoms with Gasteiger partial charge in [0, 0.05) is 0 Å². The Morgan fingerprint density at radius 1 is 1.12 bits per heavy atom. The van der Waals surface area contributed by atoms with Crippen LogP contribution >= 0.6 is 0 Å². The lowest BCUT2D eigenvalue weighted by molar-refractivity contribution is -0.183. The smallest absolute Gasteiger partial charge is 0.316 e. The van der Waals surface area contributed by atoms with Crippen molar-refractivity contribution >= 4 is 0 Å². The van der Waals surface area contributed by atoms with Gasteiger partial charge in [-0.3, -0.25) is 0 Å². The molecule has 0 bridgehead atoms. The molecule has 0 unspecified atom stereocenters. The monoisotopic (exact) mass is 237 g/mol. The lowest BCUT2D eigenvalue weighted by Crippen LogP contribution is -2.32. The molecule has 0 atom stereocenters. The van der Waals surface area contributed by atoms with Crippen LogP contribution in [0.25, 0.3) is 0 Å². The summed E-state index contributed by atoms with van der Waals surface area (Å²) < 4.78 is 37.2. The van der Waals surface area contributed by atoms with Crippen molar-refractivity contribution in [3.05, 3.63) is 0 Å². The number of hydrogen-bond donors (Lipinski definition) is 1. The lowest BCUT2D eigenvalue weighted by atomic mass is 9.81. The zero-order chi connectivity index (χ0) is 12.0. The third-order valence-corrected chi connectivity index (χ3v) is 3.45. The molecule has 1 aliphatic rings. The minimum Gasteiger partial charge on any atom is -0.316 e. The molecule has 0 radical (unpaired) electrons. The van der Waals surface area contributed by atoms with Gasteiger partial charge in [0.05, 0.1) is 5.92 Å². The highest BCUT2D eigenvalue weighted by Crippen LogP contribution is 2.39. The van der Waals surface area contributed by atoms with Crippen LogP contribution in [0.4, 0.5) is 13.2 Å². The van der Waals surface area contributed by atoms with Crippen LogP contribution in [0.1, 0.15) is 45.4 Å². The SMILES string of the molecule is CCCCNCC1CCC(C(F)(F)F)CC1. The van der Waals surface area contributed by atoms with Crippen LogP contribution in [0, 0.1) is 11.8 Å². The van der Waals surface area contributed by atoms with Crippen molar-refractivity contribution < 1.29 is 13.2 Å². The van der Waals surface area contributed by atoms with Crippen LogP contribution in [0.15, 0.2) is 0 Å². The summed E-state index contributed by atoms with van der Waals surface area (Å²) in [6.45, 7) is 4.02. The van der Waals surface area contributed by atoms with E-state index in [0.29, 0.717) is 18.8 Å². The fraction of sp³-hybridized carbons (Fsp3) is 1.00. The number of hydrogen-bond acceptors (Lipinski definition) is 1. The maximum Gasteiger partial charge on any atom is 0.391 e. The maximum atomic E-state index is 12.4. The average Bonchev–Trinajstić information content (AvgIpc) is 2.24. The van der Waals surface area contributed by atoms with E-state index in [1.165, 1.54) is 0 Å². The summed E-state index contributed by atoms with van der Waals surface area (Å²) in [7, 11) is 0. The van der Waals surface area contributed by atoms with E-state index in [4.69, 9.17) is 0 Å². The third-order valence-electron chi connectivity index (χ3n) is 3.45. The van der Waals surface area contributed by atoms with Crippen molar-refractivity contribution in [3.8, 4) is 0 Å². The van der Waals surface area contributed by atoms with E-state index < -0.39 is 12.1 Å². The summed E-state index contributed by atoms with van der Waals surface area (Å²) in [5.41, 5.74) is 0. The Balaban J connectivity index is 2.12. The molecule has 0 saturated heterocycles. The molecule has 1 aliphatic carbocycles. The highest BCUT2D eigenvalue weighted by molar-refractivity contribution is 4.78. The van der Waals surface area contributed by atoms with Gasteiger partial charge in [-0.1, -0.05) is 13.3 Å². The number of nitrogens with one attached hydrogen (secondary N) is 1. The van der Waals surface area contributed by atoms with E-state index in [1.807, 2.05) is 0 Å². The van der Waals surface area contributed by atoms with E-state index >= 15 is 0 Å². The molecule has 0 aromatic heterocycles. The molecule has 16 heavy (non-hydrogen) atoms. The molecule has 96 valence electrons. The first kappa shape index (κ1) is 13.8. The van der Waals surface area contributed by atoms with Crippen LogP contribution in [0.3, 0.4) is 0 Å². The number of alkyl halides is 3. The fourth-order valence-corrected chi connectivity index (χ4v) is 2.30. The number of halogens is 3. The highest BCUT2D eigenvalue weighted by atomic mass is 19.4. The van der Waals surface area contributed by atoms with Crippen molar-refractivity contribution in [2.24, 2.45) is 11.8 Å². The Labute approximate surface area is 95.8 Å². The third kappa shape index (κ3) is 4.73. The van der Waals surface area contributed by atoms with Crippen LogP contribution < -0.4 is 5.32 Å². The Hall–Kier alpha value is -0.250. The van der Waals surface area contributed by atoms with Gasteiger partial charge in [-0.2, -0.15) is 13.2 Å². The van der Waals surface area contributed by atoms with Gasteiger partial charge >= 0.3 is 6.18 Å². The van der Waals surface area contributed by atoms with E-state index in [0.717, 1.165) is 38.8 Å². The van der Waals surface area contributed by atoms with Gasteiger partial charge in [0.25, 0.3) is 0 Å². The minimum atomic E-state index is -3.97. The molecule has 0 amide bonds. The molecule has 4 heteroatoms. The molecule has 1 saturated carbocycles. The van der Waals surface area contributed by atoms with Gasteiger partial charge in [-0.05, 0) is 51.1 Å². The van der Waals surface area contributed by atoms with Gasteiger partial charge in [0.1, 0.15) is 0 Å². The largest absolute Gasteiger partial charge is 0.391 e. The Morgan fingerprint density at radius 3 is 2.25 bits per heavy atom. The normalized spacial score (nSPS) is 27.0. The summed E-state index contributed by atoms with van der Waals surface area (Å²) in [6, 6.07) is 0. The van der Waals surface area contributed by atoms with Gasteiger partial charge in [0.15, 0.2) is 0 Å². The second kappa shape index (κ2) is 6.48. The maximum absolute atomic E-state index is 12.4. The van der Waals surface area contributed by atoms with Crippen molar-refractivity contribution in [1.82, 2.24) is 5.32 Å². The average molecular weight is 237 g/mol. The molecule has 0 heterocycles. The summed E-state index contributed by atoms with van der Waals surface area (Å²) in [5.74, 6) is -0.588. The standard InChI is InChI=1S/C12H22F3N/c1-2-3-8-16-9-10-4-6-11(7-5-10)12(13,14)15/h10-11,16H,2-9H2,1H3. The van der Waals surface area contributed by atoms with Gasteiger partial charge < -0.3 is 5.32 Å². The van der Waals surface area contributed by atoms with Crippen molar-refractivity contribution in [3.63, 3.8) is 0 Å². The van der Waals surface area contributed by atoms with Gasteiger partial charge in [-0.15, -0.1) is 0 Å². The Morgan fingerprint density at radius 2 is 1.75 bits per heavy atom. The second-order valence-electron chi connectivity index (χ2n) is 4.82. The first-order chi connectivity index (χ1) is 7.54. The van der Waals surface area contributed by atoms with Gasteiger partial charge in [0.2, 0.25) is 0 Å². The van der Waals surface area contributed by atoms with Crippen LogP contribution in [-0.4, -0.2) is 19.3 Å². The van der Waals surface area contributed by atoms with Crippen molar-refractivity contribution in [2.45, 2.75) is 51.6 Å². The Kier molecular flexibility index (Phi) is 5.59. The molecule has 0 aliphatic heterocycles. The minimum absolute atomic E-state index is 0.323. The van der Waals surface area contributed by atoms with Crippen molar-refractivity contribution in [2.75, 3.05) is 13.1 Å². The summed E-state index contributed by atoms with van der Waals surface area (Å²) in [6.07, 6.45) is 0.437. The van der Waals surface area contributed by atoms with Crippen LogP contribution in [-0.2, 0) is 0 Å². The lowest BCUT2D eigenvalue weighted by Gasteiger charge is -2.29. The summed E-state index contributed by atoms with van der Waals surface area (Å²) >= 11 is 0. The predicted octanol–water partition coefficient (Wildman–Crippen LogP) is 3.74. The first-order valence-corrected chi connectivity index (χ1v) is 6.31. The zero-order valence-electron chi connectivity index (χ0n) is 9.95. The van der Waals surface area contributed by atoms with E-state index in [2.05, 4.69) is 12.2 Å². The molecular formula is C12H22F3N. The van der Waals surface area contributed by atoms with E-state index in [1.54, 1.807) is 0 Å². The first-order valence-electron chi connectivity index (χ1n) is 6.31. The predicted molar refractivity (Wildman–Crippen MR) is 59.3 cm³/mol. The molecule has 0 aromatic carbocycles. The van der Waals surface area contributed by atoms with Crippen LogP contribution in [0.5, 0.6) is 0 Å². The molecule has 1 fully saturated rings. The van der Waals surface area contributed by atoms with E-state index in [-0.39, 0.29) is 0 Å². The number of unbranched alkanes of at least 4 members (excludes halogenated alkanes) is 1. The number of rotatable bonds is 5. The molecule has 0 aromatic rings.